The number of urea groups is 1. The molecule has 16 heavy (non-hydrogen) atoms. The lowest BCUT2D eigenvalue weighted by atomic mass is 10.2. The predicted octanol–water partition coefficient (Wildman–Crippen LogP) is -0.500. The smallest absolute Gasteiger partial charge is 0.321 e. The van der Waals surface area contributed by atoms with Crippen LogP contribution in [0.3, 0.4) is 0 Å². The van der Waals surface area contributed by atoms with Gasteiger partial charge in [0.25, 0.3) is 0 Å². The highest BCUT2D eigenvalue weighted by molar-refractivity contribution is 5.96. The first kappa shape index (κ1) is 14.9. The second-order valence-electron chi connectivity index (χ2n) is 3.94. The quantitative estimate of drug-likeness (QED) is 0.594. The molecule has 0 saturated carbocycles. The number of rotatable bonds is 5. The van der Waals surface area contributed by atoms with E-state index in [1.165, 1.54) is 0 Å². The van der Waals surface area contributed by atoms with Crippen molar-refractivity contribution in [3.63, 3.8) is 0 Å². The van der Waals surface area contributed by atoms with Crippen LogP contribution in [0.2, 0.25) is 0 Å². The zero-order valence-corrected chi connectivity index (χ0v) is 10.4. The summed E-state index contributed by atoms with van der Waals surface area (Å²) in [6, 6.07) is -0.855. The molecule has 3 amide bonds. The summed E-state index contributed by atoms with van der Waals surface area (Å²) in [7, 11) is 1.80. The SMILES string of the molecule is CCNC(=O)NC(=O)C(C)N(C)CC(C)N. The number of amides is 3. The highest BCUT2D eigenvalue weighted by atomic mass is 16.2. The van der Waals surface area contributed by atoms with Crippen molar-refractivity contribution in [3.8, 4) is 0 Å². The standard InChI is InChI=1S/C10H22N4O2/c1-5-12-10(16)13-9(15)8(3)14(4)6-7(2)11/h7-8H,5-6,11H2,1-4H3,(H2,12,13,15,16). The monoisotopic (exact) mass is 230 g/mol. The zero-order valence-electron chi connectivity index (χ0n) is 10.4. The second kappa shape index (κ2) is 7.19. The topological polar surface area (TPSA) is 87.5 Å². The summed E-state index contributed by atoms with van der Waals surface area (Å²) in [5.41, 5.74) is 5.63. The van der Waals surface area contributed by atoms with E-state index in [9.17, 15) is 9.59 Å². The third-order valence-corrected chi connectivity index (χ3v) is 2.19. The molecule has 0 saturated heterocycles. The van der Waals surface area contributed by atoms with Crippen LogP contribution in [0.15, 0.2) is 0 Å². The first-order valence-corrected chi connectivity index (χ1v) is 5.43. The predicted molar refractivity (Wildman–Crippen MR) is 63.0 cm³/mol. The lowest BCUT2D eigenvalue weighted by Crippen LogP contribution is -2.50. The van der Waals surface area contributed by atoms with Crippen LogP contribution in [-0.4, -0.2) is 49.1 Å². The molecule has 0 aliphatic rings. The van der Waals surface area contributed by atoms with Crippen LogP contribution in [0, 0.1) is 0 Å². The minimum atomic E-state index is -0.464. The van der Waals surface area contributed by atoms with Crippen LogP contribution in [0.25, 0.3) is 0 Å². The fraction of sp³-hybridized carbons (Fsp3) is 0.800. The minimum Gasteiger partial charge on any atom is -0.338 e. The van der Waals surface area contributed by atoms with Crippen molar-refractivity contribution in [2.45, 2.75) is 32.9 Å². The number of carbonyl (C=O) groups excluding carboxylic acids is 2. The van der Waals surface area contributed by atoms with Crippen molar-refractivity contribution in [1.29, 1.82) is 0 Å². The van der Waals surface area contributed by atoms with Gasteiger partial charge < -0.3 is 11.1 Å². The molecule has 0 radical (unpaired) electrons. The molecule has 0 fully saturated rings. The maximum absolute atomic E-state index is 11.6. The number of nitrogens with zero attached hydrogens (tertiary/aromatic N) is 1. The number of carbonyl (C=O) groups is 2. The third-order valence-electron chi connectivity index (χ3n) is 2.19. The van der Waals surface area contributed by atoms with Crippen LogP contribution < -0.4 is 16.4 Å². The van der Waals surface area contributed by atoms with Crippen LogP contribution in [0.4, 0.5) is 4.79 Å². The van der Waals surface area contributed by atoms with Crippen LogP contribution in [-0.2, 0) is 4.79 Å². The molecule has 0 bridgehead atoms. The Labute approximate surface area is 96.5 Å². The van der Waals surface area contributed by atoms with Gasteiger partial charge in [0.1, 0.15) is 0 Å². The summed E-state index contributed by atoms with van der Waals surface area (Å²) < 4.78 is 0. The van der Waals surface area contributed by atoms with Crippen molar-refractivity contribution < 1.29 is 9.59 Å². The van der Waals surface area contributed by atoms with Crippen LogP contribution >= 0.6 is 0 Å². The summed E-state index contributed by atoms with van der Waals surface area (Å²) >= 11 is 0. The Hall–Kier alpha value is -1.14. The Morgan fingerprint density at radius 2 is 1.94 bits per heavy atom. The largest absolute Gasteiger partial charge is 0.338 e. The maximum Gasteiger partial charge on any atom is 0.321 e. The fourth-order valence-corrected chi connectivity index (χ4v) is 1.23. The molecule has 4 N–H and O–H groups in total. The van der Waals surface area contributed by atoms with E-state index in [2.05, 4.69) is 10.6 Å². The van der Waals surface area contributed by atoms with Gasteiger partial charge in [-0.2, -0.15) is 0 Å². The molecule has 0 aromatic carbocycles. The van der Waals surface area contributed by atoms with Gasteiger partial charge in [-0.15, -0.1) is 0 Å². The maximum atomic E-state index is 11.6. The molecule has 0 spiro atoms. The molecule has 6 nitrogen and oxygen atoms in total. The third kappa shape index (κ3) is 5.67. The molecule has 0 aliphatic carbocycles. The van der Waals surface area contributed by atoms with Gasteiger partial charge in [0.05, 0.1) is 6.04 Å². The van der Waals surface area contributed by atoms with Gasteiger partial charge >= 0.3 is 6.03 Å². The van der Waals surface area contributed by atoms with Gasteiger partial charge in [0.15, 0.2) is 0 Å². The Morgan fingerprint density at radius 1 is 1.38 bits per heavy atom. The first-order chi connectivity index (χ1) is 7.38. The van der Waals surface area contributed by atoms with Crippen molar-refractivity contribution in [1.82, 2.24) is 15.5 Å². The van der Waals surface area contributed by atoms with Gasteiger partial charge in [-0.25, -0.2) is 4.79 Å². The van der Waals surface area contributed by atoms with E-state index >= 15 is 0 Å². The molecule has 0 aromatic rings. The van der Waals surface area contributed by atoms with Gasteiger partial charge in [-0.05, 0) is 27.8 Å². The van der Waals surface area contributed by atoms with Crippen molar-refractivity contribution in [2.24, 2.45) is 5.73 Å². The molecule has 0 aromatic heterocycles. The molecule has 2 unspecified atom stereocenters. The Balaban J connectivity index is 4.12. The molecule has 94 valence electrons. The molecule has 0 aliphatic heterocycles. The summed E-state index contributed by atoms with van der Waals surface area (Å²) in [5, 5.41) is 4.76. The van der Waals surface area contributed by atoms with Crippen molar-refractivity contribution in [3.05, 3.63) is 0 Å². The molecule has 6 heteroatoms. The fourth-order valence-electron chi connectivity index (χ4n) is 1.23. The minimum absolute atomic E-state index is 0.00952. The molecule has 0 rings (SSSR count). The highest BCUT2D eigenvalue weighted by Gasteiger charge is 2.20. The number of imide groups is 1. The van der Waals surface area contributed by atoms with Gasteiger partial charge in [0, 0.05) is 19.1 Å². The second-order valence-corrected chi connectivity index (χ2v) is 3.94. The highest BCUT2D eigenvalue weighted by Crippen LogP contribution is 1.96. The number of hydrogen-bond acceptors (Lipinski definition) is 4. The van der Waals surface area contributed by atoms with E-state index < -0.39 is 6.03 Å². The number of nitrogens with one attached hydrogen (secondary N) is 2. The molecule has 0 heterocycles. The van der Waals surface area contributed by atoms with E-state index in [0.717, 1.165) is 0 Å². The zero-order chi connectivity index (χ0) is 12.7. The Morgan fingerprint density at radius 3 is 2.38 bits per heavy atom. The van der Waals surface area contributed by atoms with Gasteiger partial charge in [0.2, 0.25) is 5.91 Å². The summed E-state index contributed by atoms with van der Waals surface area (Å²) in [6.45, 7) is 6.48. The average molecular weight is 230 g/mol. The molecule has 2 atom stereocenters. The van der Waals surface area contributed by atoms with E-state index in [1.54, 1.807) is 25.8 Å². The number of likely N-dealkylation sites (N-methyl/N-ethyl adjacent to an activating group) is 1. The summed E-state index contributed by atoms with van der Waals surface area (Å²) in [4.78, 5) is 24.5. The molecular formula is C10H22N4O2. The van der Waals surface area contributed by atoms with Crippen LogP contribution in [0.5, 0.6) is 0 Å². The average Bonchev–Trinajstić information content (AvgIpc) is 2.15. The molecular weight excluding hydrogens is 208 g/mol. The van der Waals surface area contributed by atoms with Gasteiger partial charge in [-0.1, -0.05) is 0 Å². The van der Waals surface area contributed by atoms with Crippen molar-refractivity contribution in [2.75, 3.05) is 20.1 Å². The summed E-state index contributed by atoms with van der Waals surface area (Å²) in [5.74, 6) is -0.325. The van der Waals surface area contributed by atoms with E-state index in [4.69, 9.17) is 5.73 Å². The van der Waals surface area contributed by atoms with E-state index in [1.807, 2.05) is 6.92 Å². The first-order valence-electron chi connectivity index (χ1n) is 5.43. The number of hydrogen-bond donors (Lipinski definition) is 3. The van der Waals surface area contributed by atoms with Gasteiger partial charge in [-0.3, -0.25) is 15.0 Å². The van der Waals surface area contributed by atoms with Crippen molar-refractivity contribution >= 4 is 11.9 Å². The Kier molecular flexibility index (Phi) is 6.67. The lowest BCUT2D eigenvalue weighted by molar-refractivity contribution is -0.124. The van der Waals surface area contributed by atoms with Crippen LogP contribution in [0.1, 0.15) is 20.8 Å². The Bertz CT molecular complexity index is 243. The lowest BCUT2D eigenvalue weighted by Gasteiger charge is -2.24. The normalized spacial score (nSPS) is 14.4. The number of nitrogens with two attached hydrogens (primary N) is 1. The summed E-state index contributed by atoms with van der Waals surface area (Å²) in [6.07, 6.45) is 0. The van der Waals surface area contributed by atoms with E-state index in [0.29, 0.717) is 13.1 Å². The van der Waals surface area contributed by atoms with E-state index in [-0.39, 0.29) is 18.0 Å².